The molecule has 1 saturated carbocycles. The van der Waals surface area contributed by atoms with Crippen molar-refractivity contribution in [3.8, 4) is 0 Å². The van der Waals surface area contributed by atoms with Crippen molar-refractivity contribution in [3.63, 3.8) is 0 Å². The zero-order valence-electron chi connectivity index (χ0n) is 7.72. The molecule has 5 heteroatoms. The van der Waals surface area contributed by atoms with Crippen molar-refractivity contribution in [2.24, 2.45) is 11.8 Å². The minimum atomic E-state index is -0.886. The summed E-state index contributed by atoms with van der Waals surface area (Å²) in [6.07, 6.45) is 0.668. The lowest BCUT2D eigenvalue weighted by atomic mass is 10.1. The van der Waals surface area contributed by atoms with Gasteiger partial charge < -0.3 is 15.3 Å². The van der Waals surface area contributed by atoms with Gasteiger partial charge in [-0.2, -0.15) is 0 Å². The molecule has 0 amide bonds. The van der Waals surface area contributed by atoms with Gasteiger partial charge >= 0.3 is 11.9 Å². The van der Waals surface area contributed by atoms with E-state index in [4.69, 9.17) is 10.2 Å². The van der Waals surface area contributed by atoms with Gasteiger partial charge in [-0.15, -0.1) is 0 Å². The van der Waals surface area contributed by atoms with Gasteiger partial charge in [0.15, 0.2) is 0 Å². The van der Waals surface area contributed by atoms with E-state index in [0.29, 0.717) is 19.3 Å². The first-order chi connectivity index (χ1) is 6.52. The van der Waals surface area contributed by atoms with Crippen LogP contribution in [-0.2, 0) is 9.59 Å². The van der Waals surface area contributed by atoms with E-state index in [9.17, 15) is 14.7 Å². The maximum absolute atomic E-state index is 10.5. The van der Waals surface area contributed by atoms with Gasteiger partial charge in [-0.05, 0) is 25.2 Å². The average Bonchev–Trinajstić information content (AvgIpc) is 2.81. The molecule has 0 spiro atoms. The number of aliphatic hydroxyl groups is 1. The molecule has 1 rings (SSSR count). The lowest BCUT2D eigenvalue weighted by Gasteiger charge is -2.07. The number of carboxylic acid groups (broad SMARTS) is 2. The molecular weight excluding hydrogens is 188 g/mol. The average molecular weight is 202 g/mol. The van der Waals surface area contributed by atoms with Crippen LogP contribution in [-0.4, -0.2) is 33.4 Å². The Morgan fingerprint density at radius 2 is 2.00 bits per heavy atom. The summed E-state index contributed by atoms with van der Waals surface area (Å²) < 4.78 is 0. The van der Waals surface area contributed by atoms with Crippen LogP contribution in [0.5, 0.6) is 0 Å². The fourth-order valence-electron chi connectivity index (χ4n) is 1.60. The van der Waals surface area contributed by atoms with Crippen LogP contribution in [0.2, 0.25) is 0 Å². The molecule has 0 aromatic rings. The number of carboxylic acids is 2. The molecule has 0 aromatic carbocycles. The van der Waals surface area contributed by atoms with Crippen molar-refractivity contribution in [1.82, 2.24) is 0 Å². The molecule has 0 heterocycles. The Hall–Kier alpha value is -1.10. The van der Waals surface area contributed by atoms with Crippen LogP contribution in [0.4, 0.5) is 0 Å². The van der Waals surface area contributed by atoms with Gasteiger partial charge in [-0.3, -0.25) is 9.59 Å². The van der Waals surface area contributed by atoms with Crippen molar-refractivity contribution in [2.75, 3.05) is 0 Å². The van der Waals surface area contributed by atoms with Crippen LogP contribution in [0.15, 0.2) is 0 Å². The zero-order valence-corrected chi connectivity index (χ0v) is 7.72. The number of hydrogen-bond donors (Lipinski definition) is 3. The lowest BCUT2D eigenvalue weighted by Crippen LogP contribution is -2.14. The molecule has 0 unspecified atom stereocenters. The number of carbonyl (C=O) groups is 2. The van der Waals surface area contributed by atoms with E-state index in [2.05, 4.69) is 0 Å². The second-order valence-corrected chi connectivity index (χ2v) is 3.70. The Labute approximate surface area is 81.4 Å². The molecule has 1 aliphatic rings. The molecule has 0 aromatic heterocycles. The predicted molar refractivity (Wildman–Crippen MR) is 46.7 cm³/mol. The third kappa shape index (κ3) is 2.99. The van der Waals surface area contributed by atoms with Crippen molar-refractivity contribution in [1.29, 1.82) is 0 Å². The SMILES string of the molecule is O=C(O)CCC[C@@H](O)[C@H]1C[C@@H]1C(=O)O. The monoisotopic (exact) mass is 202 g/mol. The molecule has 3 atom stereocenters. The van der Waals surface area contributed by atoms with Crippen LogP contribution in [0.1, 0.15) is 25.7 Å². The van der Waals surface area contributed by atoms with Gasteiger partial charge in [-0.25, -0.2) is 0 Å². The molecule has 0 aliphatic heterocycles. The van der Waals surface area contributed by atoms with Crippen molar-refractivity contribution in [3.05, 3.63) is 0 Å². The summed E-state index contributed by atoms with van der Waals surface area (Å²) in [5.41, 5.74) is 0. The van der Waals surface area contributed by atoms with E-state index >= 15 is 0 Å². The first-order valence-corrected chi connectivity index (χ1v) is 4.65. The topological polar surface area (TPSA) is 94.8 Å². The second-order valence-electron chi connectivity index (χ2n) is 3.70. The summed E-state index contributed by atoms with van der Waals surface area (Å²) in [7, 11) is 0. The first kappa shape index (κ1) is 11.0. The quantitative estimate of drug-likeness (QED) is 0.576. The zero-order chi connectivity index (χ0) is 10.7. The highest BCUT2D eigenvalue weighted by Gasteiger charge is 2.47. The molecular formula is C9H14O5. The normalized spacial score (nSPS) is 26.9. The third-order valence-electron chi connectivity index (χ3n) is 2.54. The highest BCUT2D eigenvalue weighted by molar-refractivity contribution is 5.73. The predicted octanol–water partition coefficient (Wildman–Crippen LogP) is 0.323. The maximum Gasteiger partial charge on any atom is 0.306 e. The Bertz CT molecular complexity index is 237. The fraction of sp³-hybridized carbons (Fsp3) is 0.778. The molecule has 3 N–H and O–H groups in total. The van der Waals surface area contributed by atoms with Gasteiger partial charge in [-0.1, -0.05) is 0 Å². The summed E-state index contributed by atoms with van der Waals surface area (Å²) in [6, 6.07) is 0. The van der Waals surface area contributed by atoms with Gasteiger partial charge in [0, 0.05) is 6.42 Å². The fourth-order valence-corrected chi connectivity index (χ4v) is 1.60. The molecule has 1 aliphatic carbocycles. The maximum atomic E-state index is 10.5. The molecule has 0 bridgehead atoms. The van der Waals surface area contributed by atoms with E-state index in [-0.39, 0.29) is 12.3 Å². The van der Waals surface area contributed by atoms with E-state index in [1.807, 2.05) is 0 Å². The van der Waals surface area contributed by atoms with Gasteiger partial charge in [0.25, 0.3) is 0 Å². The van der Waals surface area contributed by atoms with E-state index in [1.165, 1.54) is 0 Å². The van der Waals surface area contributed by atoms with E-state index in [1.54, 1.807) is 0 Å². The van der Waals surface area contributed by atoms with Crippen molar-refractivity contribution >= 4 is 11.9 Å². The summed E-state index contributed by atoms with van der Waals surface area (Å²) in [6.45, 7) is 0. The molecule has 1 fully saturated rings. The molecule has 80 valence electrons. The van der Waals surface area contributed by atoms with Crippen LogP contribution < -0.4 is 0 Å². The Morgan fingerprint density at radius 3 is 2.43 bits per heavy atom. The van der Waals surface area contributed by atoms with E-state index in [0.717, 1.165) is 0 Å². The number of hydrogen-bond acceptors (Lipinski definition) is 3. The molecule has 5 nitrogen and oxygen atoms in total. The smallest absolute Gasteiger partial charge is 0.306 e. The Balaban J connectivity index is 2.15. The van der Waals surface area contributed by atoms with E-state index < -0.39 is 24.0 Å². The summed E-state index contributed by atoms with van der Waals surface area (Å²) >= 11 is 0. The highest BCUT2D eigenvalue weighted by atomic mass is 16.4. The van der Waals surface area contributed by atoms with Crippen LogP contribution >= 0.6 is 0 Å². The van der Waals surface area contributed by atoms with Crippen LogP contribution in [0, 0.1) is 11.8 Å². The standard InChI is InChI=1S/C9H14O5/c10-7(2-1-3-8(11)12)5-4-6(5)9(13)14/h5-7,10H,1-4H2,(H,11,12)(H,13,14)/t5-,6-,7+/m0/s1. The molecule has 0 saturated heterocycles. The van der Waals surface area contributed by atoms with Crippen LogP contribution in [0.25, 0.3) is 0 Å². The van der Waals surface area contributed by atoms with Crippen LogP contribution in [0.3, 0.4) is 0 Å². The Morgan fingerprint density at radius 1 is 1.36 bits per heavy atom. The largest absolute Gasteiger partial charge is 0.481 e. The number of rotatable bonds is 6. The first-order valence-electron chi connectivity index (χ1n) is 4.65. The minimum Gasteiger partial charge on any atom is -0.481 e. The summed E-state index contributed by atoms with van der Waals surface area (Å²) in [4.78, 5) is 20.6. The Kier molecular flexibility index (Phi) is 3.46. The number of aliphatic carboxylic acids is 2. The van der Waals surface area contributed by atoms with Gasteiger partial charge in [0.2, 0.25) is 0 Å². The van der Waals surface area contributed by atoms with Crippen molar-refractivity contribution in [2.45, 2.75) is 31.8 Å². The molecule has 14 heavy (non-hydrogen) atoms. The van der Waals surface area contributed by atoms with Gasteiger partial charge in [0.1, 0.15) is 0 Å². The second kappa shape index (κ2) is 4.41. The lowest BCUT2D eigenvalue weighted by molar-refractivity contribution is -0.140. The summed E-state index contributed by atoms with van der Waals surface area (Å²) in [5, 5.41) is 26.4. The summed E-state index contributed by atoms with van der Waals surface area (Å²) in [5.74, 6) is -2.34. The van der Waals surface area contributed by atoms with Crippen molar-refractivity contribution < 1.29 is 24.9 Å². The highest BCUT2D eigenvalue weighted by Crippen LogP contribution is 2.42. The third-order valence-corrected chi connectivity index (χ3v) is 2.54. The minimum absolute atomic E-state index is 0.0293. The molecule has 0 radical (unpaired) electrons. The number of aliphatic hydroxyl groups excluding tert-OH is 1. The van der Waals surface area contributed by atoms with Gasteiger partial charge in [0.05, 0.1) is 12.0 Å².